The van der Waals surface area contributed by atoms with Gasteiger partial charge < -0.3 is 0 Å². The molecule has 1 rings (SSSR count). The molecule has 1 atom stereocenters. The fraction of sp³-hybridized carbons (Fsp3) is 0.875. The highest BCUT2D eigenvalue weighted by atomic mass is 15.4. The first kappa shape index (κ1) is 16.2. The maximum atomic E-state index is 4.23. The lowest BCUT2D eigenvalue weighted by Crippen LogP contribution is -2.09. The molecule has 1 heterocycles. The van der Waals surface area contributed by atoms with Crippen LogP contribution < -0.4 is 0 Å². The number of hydrogen-bond donors (Lipinski definition) is 0. The molecule has 0 amide bonds. The van der Waals surface area contributed by atoms with Gasteiger partial charge in [0.15, 0.2) is 0 Å². The van der Waals surface area contributed by atoms with Gasteiger partial charge in [0.1, 0.15) is 0 Å². The quantitative estimate of drug-likeness (QED) is 0.584. The summed E-state index contributed by atoms with van der Waals surface area (Å²) in [7, 11) is 0. The van der Waals surface area contributed by atoms with E-state index in [0.29, 0.717) is 0 Å². The van der Waals surface area contributed by atoms with E-state index in [-0.39, 0.29) is 0 Å². The largest absolute Gasteiger partial charge is 0.249 e. The van der Waals surface area contributed by atoms with Crippen LogP contribution in [0.2, 0.25) is 0 Å². The Morgan fingerprint density at radius 1 is 1.11 bits per heavy atom. The van der Waals surface area contributed by atoms with Crippen molar-refractivity contribution in [1.82, 2.24) is 15.0 Å². The molecule has 0 aliphatic heterocycles. The van der Waals surface area contributed by atoms with E-state index >= 15 is 0 Å². The van der Waals surface area contributed by atoms with Gasteiger partial charge in [-0.05, 0) is 31.1 Å². The lowest BCUT2D eigenvalue weighted by Gasteiger charge is -2.11. The number of hydrogen-bond acceptors (Lipinski definition) is 2. The predicted octanol–water partition coefficient (Wildman–Crippen LogP) is 4.47. The average molecular weight is 265 g/mol. The third kappa shape index (κ3) is 6.74. The van der Waals surface area contributed by atoms with E-state index in [9.17, 15) is 0 Å². The van der Waals surface area contributed by atoms with Crippen LogP contribution in [0.4, 0.5) is 0 Å². The average Bonchev–Trinajstić information content (AvgIpc) is 2.80. The molecule has 19 heavy (non-hydrogen) atoms. The topological polar surface area (TPSA) is 30.7 Å². The van der Waals surface area contributed by atoms with Crippen molar-refractivity contribution < 1.29 is 0 Å². The maximum Gasteiger partial charge on any atom is 0.0725 e. The van der Waals surface area contributed by atoms with Gasteiger partial charge >= 0.3 is 0 Å². The summed E-state index contributed by atoms with van der Waals surface area (Å²) in [5.74, 6) is 1.61. The first-order chi connectivity index (χ1) is 9.13. The lowest BCUT2D eigenvalue weighted by atomic mass is 10.0. The van der Waals surface area contributed by atoms with Crippen molar-refractivity contribution in [2.75, 3.05) is 0 Å². The zero-order chi connectivity index (χ0) is 14.1. The number of aromatic nitrogens is 3. The lowest BCUT2D eigenvalue weighted by molar-refractivity contribution is 0.418. The molecule has 0 bridgehead atoms. The molecular weight excluding hydrogens is 234 g/mol. The van der Waals surface area contributed by atoms with Gasteiger partial charge in [0.05, 0.1) is 11.9 Å². The van der Waals surface area contributed by atoms with Crippen LogP contribution in [0.1, 0.15) is 71.9 Å². The normalized spacial score (nSPS) is 13.1. The molecular formula is C16H31N3. The molecule has 0 N–H and O–H groups in total. The van der Waals surface area contributed by atoms with Crippen molar-refractivity contribution in [1.29, 1.82) is 0 Å². The van der Waals surface area contributed by atoms with Crippen LogP contribution in [0.5, 0.6) is 0 Å². The molecule has 0 radical (unpaired) electrons. The number of aryl methyl sites for hydroxylation is 2. The van der Waals surface area contributed by atoms with E-state index in [1.807, 2.05) is 6.20 Å². The summed E-state index contributed by atoms with van der Waals surface area (Å²) in [4.78, 5) is 0. The highest BCUT2D eigenvalue weighted by molar-refractivity contribution is 4.94. The summed E-state index contributed by atoms with van der Waals surface area (Å²) in [5.41, 5.74) is 1.31. The van der Waals surface area contributed by atoms with Gasteiger partial charge in [0.2, 0.25) is 0 Å². The highest BCUT2D eigenvalue weighted by Crippen LogP contribution is 2.13. The van der Waals surface area contributed by atoms with Crippen LogP contribution in [0.15, 0.2) is 6.20 Å². The third-order valence-corrected chi connectivity index (χ3v) is 3.78. The third-order valence-electron chi connectivity index (χ3n) is 3.78. The maximum absolute atomic E-state index is 4.23. The SMILES string of the molecule is CCCC(C)CCn1nncc1CCCCC(C)C. The summed E-state index contributed by atoms with van der Waals surface area (Å²) < 4.78 is 2.11. The smallest absolute Gasteiger partial charge is 0.0725 e. The van der Waals surface area contributed by atoms with E-state index in [4.69, 9.17) is 0 Å². The van der Waals surface area contributed by atoms with Crippen molar-refractivity contribution in [2.24, 2.45) is 11.8 Å². The molecule has 3 heteroatoms. The van der Waals surface area contributed by atoms with Crippen molar-refractivity contribution >= 4 is 0 Å². The molecule has 1 unspecified atom stereocenters. The fourth-order valence-corrected chi connectivity index (χ4v) is 2.50. The molecule has 0 fully saturated rings. The summed E-state index contributed by atoms with van der Waals surface area (Å²) in [5, 5.41) is 8.30. The summed E-state index contributed by atoms with van der Waals surface area (Å²) >= 11 is 0. The van der Waals surface area contributed by atoms with Gasteiger partial charge in [-0.1, -0.05) is 58.6 Å². The first-order valence-corrected chi connectivity index (χ1v) is 8.00. The highest BCUT2D eigenvalue weighted by Gasteiger charge is 2.06. The molecule has 0 spiro atoms. The Balaban J connectivity index is 2.29. The van der Waals surface area contributed by atoms with E-state index < -0.39 is 0 Å². The second kappa shape index (κ2) is 9.11. The van der Waals surface area contributed by atoms with E-state index in [0.717, 1.165) is 24.8 Å². The Morgan fingerprint density at radius 3 is 2.58 bits per heavy atom. The second-order valence-corrected chi connectivity index (χ2v) is 6.27. The predicted molar refractivity (Wildman–Crippen MR) is 81.1 cm³/mol. The fourth-order valence-electron chi connectivity index (χ4n) is 2.50. The van der Waals surface area contributed by atoms with Crippen LogP contribution in [0.3, 0.4) is 0 Å². The number of rotatable bonds is 10. The zero-order valence-electron chi connectivity index (χ0n) is 13.2. The van der Waals surface area contributed by atoms with Crippen molar-refractivity contribution in [3.63, 3.8) is 0 Å². The minimum Gasteiger partial charge on any atom is -0.249 e. The van der Waals surface area contributed by atoms with Crippen molar-refractivity contribution in [3.05, 3.63) is 11.9 Å². The van der Waals surface area contributed by atoms with Crippen LogP contribution in [0.25, 0.3) is 0 Å². The molecule has 1 aromatic heterocycles. The zero-order valence-corrected chi connectivity index (χ0v) is 13.2. The summed E-state index contributed by atoms with van der Waals surface area (Å²) in [6.07, 6.45) is 10.8. The Bertz CT molecular complexity index is 330. The molecule has 0 aliphatic carbocycles. The minimum atomic E-state index is 0.794. The van der Waals surface area contributed by atoms with Crippen LogP contribution in [-0.2, 0) is 13.0 Å². The standard InChI is InChI=1S/C16H31N3/c1-5-8-15(4)11-12-19-16(13-17-18-19)10-7-6-9-14(2)3/h13-15H,5-12H2,1-4H3. The summed E-state index contributed by atoms with van der Waals surface area (Å²) in [6.45, 7) is 10.2. The van der Waals surface area contributed by atoms with Gasteiger partial charge in [-0.3, -0.25) is 0 Å². The van der Waals surface area contributed by atoms with Gasteiger partial charge in [-0.15, -0.1) is 5.10 Å². The number of unbranched alkanes of at least 4 members (excludes halogenated alkanes) is 1. The van der Waals surface area contributed by atoms with Gasteiger partial charge in [-0.25, -0.2) is 4.68 Å². The van der Waals surface area contributed by atoms with E-state index in [2.05, 4.69) is 42.7 Å². The Morgan fingerprint density at radius 2 is 1.89 bits per heavy atom. The van der Waals surface area contributed by atoms with E-state index in [1.165, 1.54) is 44.2 Å². The Hall–Kier alpha value is -0.860. The van der Waals surface area contributed by atoms with Gasteiger partial charge in [0.25, 0.3) is 0 Å². The molecule has 0 aliphatic rings. The minimum absolute atomic E-state index is 0.794. The van der Waals surface area contributed by atoms with Crippen LogP contribution >= 0.6 is 0 Å². The summed E-state index contributed by atoms with van der Waals surface area (Å²) in [6, 6.07) is 0. The van der Waals surface area contributed by atoms with Crippen LogP contribution in [0, 0.1) is 11.8 Å². The van der Waals surface area contributed by atoms with Crippen LogP contribution in [-0.4, -0.2) is 15.0 Å². The molecule has 110 valence electrons. The van der Waals surface area contributed by atoms with E-state index in [1.54, 1.807) is 0 Å². The number of nitrogens with zero attached hydrogens (tertiary/aromatic N) is 3. The monoisotopic (exact) mass is 265 g/mol. The molecule has 1 aromatic rings. The molecule has 0 saturated heterocycles. The molecule has 3 nitrogen and oxygen atoms in total. The molecule has 0 saturated carbocycles. The van der Waals surface area contributed by atoms with Gasteiger partial charge in [0, 0.05) is 6.54 Å². The van der Waals surface area contributed by atoms with Crippen molar-refractivity contribution in [3.8, 4) is 0 Å². The van der Waals surface area contributed by atoms with Crippen molar-refractivity contribution in [2.45, 2.75) is 79.2 Å². The Labute approximate surface area is 118 Å². The Kier molecular flexibility index (Phi) is 7.76. The second-order valence-electron chi connectivity index (χ2n) is 6.27. The molecule has 0 aromatic carbocycles. The van der Waals surface area contributed by atoms with Gasteiger partial charge in [-0.2, -0.15) is 0 Å². The first-order valence-electron chi connectivity index (χ1n) is 8.00.